The largest absolute Gasteiger partial charge is 0.377 e. The normalized spacial score (nSPS) is 32.7. The van der Waals surface area contributed by atoms with Gasteiger partial charge in [-0.2, -0.15) is 17.0 Å². The maximum Gasteiger partial charge on any atom is 0.282 e. The van der Waals surface area contributed by atoms with E-state index >= 15 is 0 Å². The molecule has 2 atom stereocenters. The highest BCUT2D eigenvalue weighted by Gasteiger charge is 2.53. The number of ether oxygens (including phenoxy) is 2. The van der Waals surface area contributed by atoms with Gasteiger partial charge >= 0.3 is 0 Å². The Balaban J connectivity index is 2.20. The van der Waals surface area contributed by atoms with Crippen molar-refractivity contribution in [2.45, 2.75) is 38.4 Å². The molecule has 0 unspecified atom stereocenters. The molecule has 19 heavy (non-hydrogen) atoms. The second-order valence-corrected chi connectivity index (χ2v) is 7.05. The summed E-state index contributed by atoms with van der Waals surface area (Å²) in [7, 11) is -1.77. The van der Waals surface area contributed by atoms with E-state index in [1.165, 1.54) is 8.61 Å². The van der Waals surface area contributed by atoms with E-state index in [-0.39, 0.29) is 6.10 Å². The van der Waals surface area contributed by atoms with Crippen LogP contribution in [-0.4, -0.2) is 68.6 Å². The molecule has 6 nitrogen and oxygen atoms in total. The van der Waals surface area contributed by atoms with Crippen LogP contribution in [0.4, 0.5) is 0 Å². The zero-order chi connectivity index (χ0) is 14.1. The number of rotatable bonds is 5. The average molecular weight is 292 g/mol. The molecule has 2 rings (SSSR count). The van der Waals surface area contributed by atoms with Crippen LogP contribution in [0.3, 0.4) is 0 Å². The van der Waals surface area contributed by atoms with Gasteiger partial charge in [0.05, 0.1) is 0 Å². The third-order valence-corrected chi connectivity index (χ3v) is 6.28. The molecule has 2 aliphatic rings. The summed E-state index contributed by atoms with van der Waals surface area (Å²) in [4.78, 5) is 0. The molecule has 2 heterocycles. The van der Waals surface area contributed by atoms with Crippen molar-refractivity contribution in [3.8, 4) is 0 Å². The van der Waals surface area contributed by atoms with Crippen molar-refractivity contribution < 1.29 is 17.9 Å². The summed E-state index contributed by atoms with van der Waals surface area (Å²) in [6.07, 6.45) is 1.68. The van der Waals surface area contributed by atoms with Crippen LogP contribution < -0.4 is 0 Å². The molecule has 112 valence electrons. The zero-order valence-corrected chi connectivity index (χ0v) is 12.8. The number of hydrogen-bond acceptors (Lipinski definition) is 4. The van der Waals surface area contributed by atoms with Gasteiger partial charge < -0.3 is 9.47 Å². The van der Waals surface area contributed by atoms with Crippen molar-refractivity contribution in [3.63, 3.8) is 0 Å². The van der Waals surface area contributed by atoms with E-state index in [0.29, 0.717) is 32.8 Å². The summed E-state index contributed by atoms with van der Waals surface area (Å²) < 4.78 is 39.4. The van der Waals surface area contributed by atoms with Crippen LogP contribution in [0.2, 0.25) is 0 Å². The minimum atomic E-state index is -3.40. The fourth-order valence-electron chi connectivity index (χ4n) is 3.09. The Morgan fingerprint density at radius 3 is 2.58 bits per heavy atom. The van der Waals surface area contributed by atoms with Gasteiger partial charge in [0, 0.05) is 39.9 Å². The maximum absolute atomic E-state index is 12.5. The fourth-order valence-corrected chi connectivity index (χ4v) is 4.78. The molecule has 0 aromatic rings. The van der Waals surface area contributed by atoms with Gasteiger partial charge in [-0.05, 0) is 12.8 Å². The molecule has 0 bridgehead atoms. The van der Waals surface area contributed by atoms with Gasteiger partial charge in [0.25, 0.3) is 10.2 Å². The highest BCUT2D eigenvalue weighted by molar-refractivity contribution is 7.86. The van der Waals surface area contributed by atoms with Crippen molar-refractivity contribution in [1.82, 2.24) is 8.61 Å². The predicted molar refractivity (Wildman–Crippen MR) is 72.1 cm³/mol. The topological polar surface area (TPSA) is 59.1 Å². The average Bonchev–Trinajstić information content (AvgIpc) is 2.99. The second kappa shape index (κ2) is 5.65. The van der Waals surface area contributed by atoms with Crippen LogP contribution in [0, 0.1) is 0 Å². The Labute approximate surface area is 115 Å². The van der Waals surface area contributed by atoms with E-state index in [9.17, 15) is 8.42 Å². The lowest BCUT2D eigenvalue weighted by atomic mass is 9.97. The van der Waals surface area contributed by atoms with Crippen LogP contribution in [0.25, 0.3) is 0 Å². The van der Waals surface area contributed by atoms with E-state index in [2.05, 4.69) is 0 Å². The first kappa shape index (κ1) is 15.2. The highest BCUT2D eigenvalue weighted by Crippen LogP contribution is 2.38. The van der Waals surface area contributed by atoms with Gasteiger partial charge in [0.1, 0.15) is 11.7 Å². The standard InChI is InChI=1S/C12H24N2O4S/c1-4-13(5-2)19(15,16)14-9-11(17-3)12(10-14)7-6-8-18-12/h11H,4-10H2,1-3H3/t11-,12-/m0/s1. The lowest BCUT2D eigenvalue weighted by Crippen LogP contribution is -2.45. The monoisotopic (exact) mass is 292 g/mol. The minimum Gasteiger partial charge on any atom is -0.377 e. The molecule has 2 saturated heterocycles. The van der Waals surface area contributed by atoms with Crippen molar-refractivity contribution in [3.05, 3.63) is 0 Å². The predicted octanol–water partition coefficient (Wildman–Crippen LogP) is 0.453. The van der Waals surface area contributed by atoms with Crippen molar-refractivity contribution >= 4 is 10.2 Å². The Kier molecular flexibility index (Phi) is 4.52. The molecule has 0 aromatic carbocycles. The number of methoxy groups -OCH3 is 1. The molecule has 0 aliphatic carbocycles. The van der Waals surface area contributed by atoms with Crippen LogP contribution in [-0.2, 0) is 19.7 Å². The first-order chi connectivity index (χ1) is 9.00. The fraction of sp³-hybridized carbons (Fsp3) is 1.00. The molecule has 0 radical (unpaired) electrons. The van der Waals surface area contributed by atoms with Gasteiger partial charge in [0.15, 0.2) is 0 Å². The van der Waals surface area contributed by atoms with Gasteiger partial charge in [0.2, 0.25) is 0 Å². The first-order valence-corrected chi connectivity index (χ1v) is 8.32. The van der Waals surface area contributed by atoms with E-state index in [1.54, 1.807) is 7.11 Å². The smallest absolute Gasteiger partial charge is 0.282 e. The second-order valence-electron chi connectivity index (χ2n) is 5.13. The van der Waals surface area contributed by atoms with Gasteiger partial charge in [-0.25, -0.2) is 0 Å². The summed E-state index contributed by atoms with van der Waals surface area (Å²) >= 11 is 0. The molecule has 7 heteroatoms. The lowest BCUT2D eigenvalue weighted by Gasteiger charge is -2.28. The molecule has 0 amide bonds. The number of nitrogens with zero attached hydrogens (tertiary/aromatic N) is 2. The Hall–Kier alpha value is -0.210. The van der Waals surface area contributed by atoms with Crippen LogP contribution in [0.5, 0.6) is 0 Å². The van der Waals surface area contributed by atoms with Gasteiger partial charge in [-0.3, -0.25) is 0 Å². The summed E-state index contributed by atoms with van der Waals surface area (Å²) in [6.45, 7) is 6.17. The van der Waals surface area contributed by atoms with E-state index in [1.807, 2.05) is 13.8 Å². The SMILES string of the molecule is CCN(CC)S(=O)(=O)N1C[C@H](OC)[C@]2(CCCO2)C1. The van der Waals surface area contributed by atoms with Crippen molar-refractivity contribution in [2.75, 3.05) is 39.9 Å². The summed E-state index contributed by atoms with van der Waals surface area (Å²) in [5.41, 5.74) is -0.436. The quantitative estimate of drug-likeness (QED) is 0.738. The van der Waals surface area contributed by atoms with Crippen molar-refractivity contribution in [1.29, 1.82) is 0 Å². The zero-order valence-electron chi connectivity index (χ0n) is 12.0. The van der Waals surface area contributed by atoms with Gasteiger partial charge in [-0.15, -0.1) is 0 Å². The van der Waals surface area contributed by atoms with Gasteiger partial charge in [-0.1, -0.05) is 13.8 Å². The minimum absolute atomic E-state index is 0.166. The molecule has 0 saturated carbocycles. The van der Waals surface area contributed by atoms with Crippen LogP contribution in [0.15, 0.2) is 0 Å². The highest BCUT2D eigenvalue weighted by atomic mass is 32.2. The summed E-state index contributed by atoms with van der Waals surface area (Å²) in [6, 6.07) is 0. The molecule has 2 aliphatic heterocycles. The van der Waals surface area contributed by atoms with Crippen LogP contribution in [0.1, 0.15) is 26.7 Å². The molecule has 0 N–H and O–H groups in total. The third-order valence-electron chi connectivity index (χ3n) is 4.18. The Bertz CT molecular complexity index is 402. The summed E-state index contributed by atoms with van der Waals surface area (Å²) in [5, 5.41) is 0. The van der Waals surface area contributed by atoms with Crippen LogP contribution >= 0.6 is 0 Å². The summed E-state index contributed by atoms with van der Waals surface area (Å²) in [5.74, 6) is 0. The molecule has 0 aromatic heterocycles. The van der Waals surface area contributed by atoms with E-state index in [0.717, 1.165) is 12.8 Å². The van der Waals surface area contributed by atoms with E-state index < -0.39 is 15.8 Å². The van der Waals surface area contributed by atoms with Crippen molar-refractivity contribution in [2.24, 2.45) is 0 Å². The third kappa shape index (κ3) is 2.54. The van der Waals surface area contributed by atoms with E-state index in [4.69, 9.17) is 9.47 Å². The molecule has 1 spiro atoms. The Morgan fingerprint density at radius 1 is 1.42 bits per heavy atom. The molecule has 2 fully saturated rings. The first-order valence-electron chi connectivity index (χ1n) is 6.92. The lowest BCUT2D eigenvalue weighted by molar-refractivity contribution is -0.0753. The molecular formula is C12H24N2O4S. The Morgan fingerprint density at radius 2 is 2.11 bits per heavy atom. The molecular weight excluding hydrogens is 268 g/mol. The number of hydrogen-bond donors (Lipinski definition) is 0. The maximum atomic E-state index is 12.5.